The van der Waals surface area contributed by atoms with Gasteiger partial charge in [0.25, 0.3) is 0 Å². The fourth-order valence-electron chi connectivity index (χ4n) is 5.21. The van der Waals surface area contributed by atoms with Crippen molar-refractivity contribution in [2.75, 3.05) is 25.6 Å². The van der Waals surface area contributed by atoms with Crippen LogP contribution in [0.2, 0.25) is 0 Å². The van der Waals surface area contributed by atoms with Gasteiger partial charge in [0, 0.05) is 14.1 Å². The van der Waals surface area contributed by atoms with Gasteiger partial charge in [0.05, 0.1) is 11.8 Å². The van der Waals surface area contributed by atoms with Crippen LogP contribution in [0.4, 0.5) is 0 Å². The summed E-state index contributed by atoms with van der Waals surface area (Å²) in [5.74, 6) is -1.15. The molecule has 2 saturated heterocycles. The standard InChI is InChI=1S/C22H34N2O4S2/c1-5-7-9-11-13-29-21-15(17(25)23(3)19(21)27)16-18(26)24(4)20(28)22(16,21)30-14-12-10-8-6-2/h15-16H,5-14H2,1-4H3/t15-,16-,21+,22+/m0/s1. The number of nitrogens with zero attached hydrogens (tertiary/aromatic N) is 2. The van der Waals surface area contributed by atoms with E-state index in [4.69, 9.17) is 0 Å². The Morgan fingerprint density at radius 2 is 1.03 bits per heavy atom. The lowest BCUT2D eigenvalue weighted by atomic mass is 9.57. The Labute approximate surface area is 188 Å². The molecular weight excluding hydrogens is 420 g/mol. The summed E-state index contributed by atoms with van der Waals surface area (Å²) in [6.45, 7) is 4.30. The number of likely N-dealkylation sites (tertiary alicyclic amines) is 2. The van der Waals surface area contributed by atoms with E-state index in [0.717, 1.165) is 62.9 Å². The van der Waals surface area contributed by atoms with Crippen LogP contribution in [0.25, 0.3) is 0 Å². The average Bonchev–Trinajstić information content (AvgIpc) is 2.99. The van der Waals surface area contributed by atoms with Crippen LogP contribution in [-0.4, -0.2) is 68.5 Å². The van der Waals surface area contributed by atoms with E-state index in [-0.39, 0.29) is 23.6 Å². The Bertz CT molecular complexity index is 670. The van der Waals surface area contributed by atoms with Crippen molar-refractivity contribution in [1.82, 2.24) is 9.80 Å². The van der Waals surface area contributed by atoms with E-state index in [1.807, 2.05) is 0 Å². The molecule has 2 aliphatic heterocycles. The van der Waals surface area contributed by atoms with Crippen LogP contribution >= 0.6 is 23.5 Å². The monoisotopic (exact) mass is 454 g/mol. The van der Waals surface area contributed by atoms with Gasteiger partial charge in [-0.3, -0.25) is 29.0 Å². The Balaban J connectivity index is 1.92. The Morgan fingerprint density at radius 1 is 0.667 bits per heavy atom. The minimum absolute atomic E-state index is 0.285. The highest BCUT2D eigenvalue weighted by molar-refractivity contribution is 8.06. The molecule has 0 N–H and O–H groups in total. The van der Waals surface area contributed by atoms with E-state index < -0.39 is 21.3 Å². The van der Waals surface area contributed by atoms with Crippen molar-refractivity contribution in [2.45, 2.75) is 74.7 Å². The van der Waals surface area contributed by atoms with Crippen LogP contribution in [0.1, 0.15) is 65.2 Å². The number of rotatable bonds is 12. The van der Waals surface area contributed by atoms with E-state index >= 15 is 0 Å². The Morgan fingerprint density at radius 3 is 1.37 bits per heavy atom. The first-order valence-corrected chi connectivity index (χ1v) is 13.2. The summed E-state index contributed by atoms with van der Waals surface area (Å²) >= 11 is 2.93. The van der Waals surface area contributed by atoms with Crippen molar-refractivity contribution in [3.8, 4) is 0 Å². The Kier molecular flexibility index (Phi) is 7.27. The second-order valence-electron chi connectivity index (χ2n) is 8.65. The van der Waals surface area contributed by atoms with E-state index in [2.05, 4.69) is 13.8 Å². The molecule has 8 heteroatoms. The SMILES string of the molecule is CCCCCCS[C@@]12C(=O)N(C)C(=O)[C@@H]1[C@H]1C(=O)N(C)C(=O)[C@]12SCCCCCC. The number of imide groups is 2. The van der Waals surface area contributed by atoms with Gasteiger partial charge in [-0.2, -0.15) is 0 Å². The highest BCUT2D eigenvalue weighted by Gasteiger charge is 2.89. The number of thioether (sulfide) groups is 2. The molecule has 3 rings (SSSR count). The fourth-order valence-corrected chi connectivity index (χ4v) is 9.11. The van der Waals surface area contributed by atoms with Crippen molar-refractivity contribution < 1.29 is 19.2 Å². The fraction of sp³-hybridized carbons (Fsp3) is 0.818. The molecule has 2 heterocycles. The third kappa shape index (κ3) is 3.15. The van der Waals surface area contributed by atoms with Gasteiger partial charge in [0.1, 0.15) is 9.49 Å². The lowest BCUT2D eigenvalue weighted by Crippen LogP contribution is -2.75. The maximum absolute atomic E-state index is 13.4. The van der Waals surface area contributed by atoms with Crippen LogP contribution in [0.3, 0.4) is 0 Å². The zero-order valence-electron chi connectivity index (χ0n) is 18.6. The first-order valence-electron chi connectivity index (χ1n) is 11.2. The molecule has 1 saturated carbocycles. The molecule has 0 aromatic carbocycles. The van der Waals surface area contributed by atoms with Gasteiger partial charge in [0.2, 0.25) is 23.6 Å². The second-order valence-corrected chi connectivity index (χ2v) is 11.3. The molecule has 0 aromatic rings. The first kappa shape index (κ1) is 23.6. The van der Waals surface area contributed by atoms with Gasteiger partial charge in [-0.1, -0.05) is 52.4 Å². The third-order valence-corrected chi connectivity index (χ3v) is 10.4. The summed E-state index contributed by atoms with van der Waals surface area (Å²) in [6.07, 6.45) is 8.51. The van der Waals surface area contributed by atoms with Crippen LogP contribution in [0.15, 0.2) is 0 Å². The minimum Gasteiger partial charge on any atom is -0.284 e. The third-order valence-electron chi connectivity index (χ3n) is 6.85. The topological polar surface area (TPSA) is 74.8 Å². The summed E-state index contributed by atoms with van der Waals surface area (Å²) in [5, 5.41) is 0. The number of hydrogen-bond acceptors (Lipinski definition) is 6. The van der Waals surface area contributed by atoms with Crippen LogP contribution in [0.5, 0.6) is 0 Å². The lowest BCUT2D eigenvalue weighted by molar-refractivity contribution is -0.142. The van der Waals surface area contributed by atoms with Gasteiger partial charge in [-0.25, -0.2) is 0 Å². The molecule has 168 valence electrons. The number of amides is 4. The van der Waals surface area contributed by atoms with Crippen LogP contribution in [0, 0.1) is 11.8 Å². The van der Waals surface area contributed by atoms with E-state index in [0.29, 0.717) is 0 Å². The lowest BCUT2D eigenvalue weighted by Gasteiger charge is -2.57. The van der Waals surface area contributed by atoms with E-state index in [1.54, 1.807) is 0 Å². The highest BCUT2D eigenvalue weighted by Crippen LogP contribution is 2.72. The van der Waals surface area contributed by atoms with E-state index in [9.17, 15) is 19.2 Å². The maximum Gasteiger partial charge on any atom is 0.248 e. The number of carbonyl (C=O) groups excluding carboxylic acids is 4. The molecule has 1 aliphatic carbocycles. The summed E-state index contributed by atoms with van der Waals surface area (Å²) < 4.78 is -2.27. The largest absolute Gasteiger partial charge is 0.284 e. The van der Waals surface area contributed by atoms with Crippen molar-refractivity contribution in [1.29, 1.82) is 0 Å². The predicted octanol–water partition coefficient (Wildman–Crippen LogP) is 3.33. The second kappa shape index (κ2) is 9.23. The Hall–Kier alpha value is -1.02. The van der Waals surface area contributed by atoms with Gasteiger partial charge in [-0.05, 0) is 24.3 Å². The molecule has 30 heavy (non-hydrogen) atoms. The van der Waals surface area contributed by atoms with Gasteiger partial charge < -0.3 is 0 Å². The molecular formula is C22H34N2O4S2. The summed E-state index contributed by atoms with van der Waals surface area (Å²) in [7, 11) is 2.99. The van der Waals surface area contributed by atoms with E-state index in [1.165, 1.54) is 47.4 Å². The summed E-state index contributed by atoms with van der Waals surface area (Å²) in [6, 6.07) is 0. The molecule has 0 radical (unpaired) electrons. The summed E-state index contributed by atoms with van der Waals surface area (Å²) in [4.78, 5) is 55.2. The van der Waals surface area contributed by atoms with Crippen molar-refractivity contribution >= 4 is 47.2 Å². The highest BCUT2D eigenvalue weighted by atomic mass is 32.2. The summed E-state index contributed by atoms with van der Waals surface area (Å²) in [5.41, 5.74) is 0. The van der Waals surface area contributed by atoms with Gasteiger partial charge in [-0.15, -0.1) is 23.5 Å². The number of unbranched alkanes of at least 4 members (excludes halogenated alkanes) is 6. The molecule has 4 atom stereocenters. The first-order chi connectivity index (χ1) is 14.3. The van der Waals surface area contributed by atoms with Crippen molar-refractivity contribution in [3.63, 3.8) is 0 Å². The molecule has 3 aliphatic rings. The zero-order chi connectivity index (χ0) is 22.1. The van der Waals surface area contributed by atoms with Gasteiger partial charge >= 0.3 is 0 Å². The van der Waals surface area contributed by atoms with Crippen molar-refractivity contribution in [3.05, 3.63) is 0 Å². The molecule has 3 fully saturated rings. The normalized spacial score (nSPS) is 32.7. The van der Waals surface area contributed by atoms with Gasteiger partial charge in [0.15, 0.2) is 0 Å². The zero-order valence-corrected chi connectivity index (χ0v) is 20.2. The van der Waals surface area contributed by atoms with Crippen molar-refractivity contribution in [2.24, 2.45) is 11.8 Å². The quantitative estimate of drug-likeness (QED) is 0.333. The maximum atomic E-state index is 13.4. The van der Waals surface area contributed by atoms with Crippen LogP contribution < -0.4 is 0 Å². The molecule has 0 bridgehead atoms. The van der Waals surface area contributed by atoms with Crippen LogP contribution in [-0.2, 0) is 19.2 Å². The average molecular weight is 455 g/mol. The molecule has 6 nitrogen and oxygen atoms in total. The molecule has 0 unspecified atom stereocenters. The number of fused-ring (bicyclic) bond motifs is 4. The molecule has 0 aromatic heterocycles. The molecule has 4 amide bonds. The number of hydrogen-bond donors (Lipinski definition) is 0. The molecule has 0 spiro atoms. The minimum atomic E-state index is -1.14. The number of carbonyl (C=O) groups is 4. The smallest absolute Gasteiger partial charge is 0.248 e. The predicted molar refractivity (Wildman–Crippen MR) is 121 cm³/mol.